The van der Waals surface area contributed by atoms with Gasteiger partial charge >= 0.3 is 11.9 Å². The van der Waals surface area contributed by atoms with Crippen LogP contribution in [-0.4, -0.2) is 43.2 Å². The Labute approximate surface area is 205 Å². The molecule has 8 nitrogen and oxygen atoms in total. The highest BCUT2D eigenvalue weighted by Gasteiger charge is 2.47. The highest BCUT2D eigenvalue weighted by atomic mass is 16.5. The van der Waals surface area contributed by atoms with Crippen LogP contribution in [0.1, 0.15) is 63.9 Å². The van der Waals surface area contributed by atoms with Gasteiger partial charge in [-0.1, -0.05) is 19.4 Å². The Balaban J connectivity index is 1.82. The third-order valence-corrected chi connectivity index (χ3v) is 7.33. The average Bonchev–Trinajstić information content (AvgIpc) is 2.83. The summed E-state index contributed by atoms with van der Waals surface area (Å²) < 4.78 is 16.2. The van der Waals surface area contributed by atoms with Crippen LogP contribution in [0.4, 0.5) is 0 Å². The molecule has 3 aliphatic rings. The Morgan fingerprint density at radius 1 is 1.11 bits per heavy atom. The zero-order chi connectivity index (χ0) is 25.3. The SMILES string of the molecule is COC(=O)[C@@H]1C(=O)C2=C(C[C@H]1C)NC(C)=C(C(=O)OC1CCCCC1)[C@H]2c1ccc(O)c(OC)c1. The van der Waals surface area contributed by atoms with Crippen molar-refractivity contribution in [3.8, 4) is 11.5 Å². The standard InChI is InChI=1S/C27H33NO7/c1-14-12-18-24(25(30)21(14)26(31)34-4)23(16-10-11-19(29)20(13-16)33-3)22(15(2)28-18)27(32)35-17-8-6-5-7-9-17/h10-11,13-14,17,21,23,28-29H,5-9,12H2,1-4H3/t14-,21+,23-/m1/s1. The number of benzene rings is 1. The fraction of sp³-hybridized carbons (Fsp3) is 0.519. The van der Waals surface area contributed by atoms with Gasteiger partial charge in [0.25, 0.3) is 0 Å². The molecule has 1 aliphatic heterocycles. The molecule has 3 atom stereocenters. The predicted molar refractivity (Wildman–Crippen MR) is 128 cm³/mol. The zero-order valence-corrected chi connectivity index (χ0v) is 20.7. The van der Waals surface area contributed by atoms with E-state index in [1.807, 2.05) is 6.92 Å². The summed E-state index contributed by atoms with van der Waals surface area (Å²) in [6.07, 6.45) is 5.08. The fourth-order valence-electron chi connectivity index (χ4n) is 5.56. The number of aromatic hydroxyl groups is 1. The number of phenolic OH excluding ortho intramolecular Hbond substituents is 1. The van der Waals surface area contributed by atoms with Gasteiger partial charge in [-0.25, -0.2) is 4.79 Å². The lowest BCUT2D eigenvalue weighted by Crippen LogP contribution is -2.43. The number of phenols is 1. The van der Waals surface area contributed by atoms with Gasteiger partial charge in [0.1, 0.15) is 12.0 Å². The number of ketones is 1. The number of methoxy groups -OCH3 is 2. The molecule has 0 saturated heterocycles. The maximum atomic E-state index is 13.8. The number of Topliss-reactive ketones (excluding diaryl/α,β-unsaturated/α-hetero) is 1. The largest absolute Gasteiger partial charge is 0.504 e. The van der Waals surface area contributed by atoms with Crippen molar-refractivity contribution < 1.29 is 33.7 Å². The molecule has 1 saturated carbocycles. The van der Waals surface area contributed by atoms with Gasteiger partial charge in [0.2, 0.25) is 0 Å². The lowest BCUT2D eigenvalue weighted by molar-refractivity contribution is -0.151. The number of carbonyl (C=O) groups excluding carboxylic acids is 3. The first-order valence-electron chi connectivity index (χ1n) is 12.2. The van der Waals surface area contributed by atoms with Crippen molar-refractivity contribution in [1.82, 2.24) is 5.32 Å². The number of dihydropyridines is 1. The normalized spacial score (nSPS) is 25.0. The summed E-state index contributed by atoms with van der Waals surface area (Å²) in [5.41, 5.74) is 2.57. The minimum atomic E-state index is -0.962. The maximum absolute atomic E-state index is 13.8. The van der Waals surface area contributed by atoms with Gasteiger partial charge < -0.3 is 24.6 Å². The number of carbonyl (C=O) groups is 3. The van der Waals surface area contributed by atoms with Gasteiger partial charge in [0, 0.05) is 22.9 Å². The van der Waals surface area contributed by atoms with Gasteiger partial charge in [-0.3, -0.25) is 9.59 Å². The van der Waals surface area contributed by atoms with Gasteiger partial charge in [0.05, 0.1) is 19.8 Å². The Kier molecular flexibility index (Phi) is 7.19. The molecular formula is C27H33NO7. The summed E-state index contributed by atoms with van der Waals surface area (Å²) >= 11 is 0. The fourth-order valence-corrected chi connectivity index (χ4v) is 5.56. The molecule has 0 bridgehead atoms. The van der Waals surface area contributed by atoms with Gasteiger partial charge in [0.15, 0.2) is 17.3 Å². The van der Waals surface area contributed by atoms with Crippen LogP contribution >= 0.6 is 0 Å². The Bertz CT molecular complexity index is 1100. The van der Waals surface area contributed by atoms with E-state index >= 15 is 0 Å². The van der Waals surface area contributed by atoms with Crippen LogP contribution in [0.25, 0.3) is 0 Å². The number of rotatable bonds is 5. The lowest BCUT2D eigenvalue weighted by atomic mass is 9.69. The molecule has 1 aromatic carbocycles. The predicted octanol–water partition coefficient (Wildman–Crippen LogP) is 3.89. The molecule has 0 radical (unpaired) electrons. The number of nitrogens with one attached hydrogen (secondary N) is 1. The van der Waals surface area contributed by atoms with Crippen LogP contribution in [0.5, 0.6) is 11.5 Å². The molecular weight excluding hydrogens is 450 g/mol. The summed E-state index contributed by atoms with van der Waals surface area (Å²) in [6.45, 7) is 3.64. The highest BCUT2D eigenvalue weighted by Crippen LogP contribution is 2.47. The first-order valence-corrected chi connectivity index (χ1v) is 12.2. The van der Waals surface area contributed by atoms with E-state index in [1.165, 1.54) is 20.3 Å². The van der Waals surface area contributed by atoms with Gasteiger partial charge in [-0.2, -0.15) is 0 Å². The molecule has 0 unspecified atom stereocenters. The van der Waals surface area contributed by atoms with Crippen LogP contribution in [0, 0.1) is 11.8 Å². The molecule has 4 rings (SSSR count). The Morgan fingerprint density at radius 2 is 1.83 bits per heavy atom. The molecule has 188 valence electrons. The van der Waals surface area contributed by atoms with E-state index < -0.39 is 23.8 Å². The molecule has 1 fully saturated rings. The van der Waals surface area contributed by atoms with Crippen molar-refractivity contribution in [1.29, 1.82) is 0 Å². The zero-order valence-electron chi connectivity index (χ0n) is 20.7. The molecule has 2 aliphatic carbocycles. The van der Waals surface area contributed by atoms with Crippen molar-refractivity contribution in [3.05, 3.63) is 46.3 Å². The summed E-state index contributed by atoms with van der Waals surface area (Å²) in [7, 11) is 2.71. The summed E-state index contributed by atoms with van der Waals surface area (Å²) in [5.74, 6) is -3.27. The number of ether oxygens (including phenoxy) is 3. The van der Waals surface area contributed by atoms with Crippen molar-refractivity contribution in [3.63, 3.8) is 0 Å². The monoisotopic (exact) mass is 483 g/mol. The first-order chi connectivity index (χ1) is 16.8. The Morgan fingerprint density at radius 3 is 2.49 bits per heavy atom. The average molecular weight is 484 g/mol. The summed E-state index contributed by atoms with van der Waals surface area (Å²) in [5, 5.41) is 13.4. The highest BCUT2D eigenvalue weighted by molar-refractivity contribution is 6.12. The second-order valence-electron chi connectivity index (χ2n) is 9.63. The van der Waals surface area contributed by atoms with Crippen LogP contribution in [0.3, 0.4) is 0 Å². The van der Waals surface area contributed by atoms with Crippen molar-refractivity contribution in [2.45, 2.75) is 64.4 Å². The molecule has 8 heteroatoms. The van der Waals surface area contributed by atoms with Gasteiger partial charge in [-0.05, 0) is 62.6 Å². The van der Waals surface area contributed by atoms with Crippen LogP contribution in [0.15, 0.2) is 40.7 Å². The van der Waals surface area contributed by atoms with E-state index in [0.29, 0.717) is 34.5 Å². The second-order valence-corrected chi connectivity index (χ2v) is 9.63. The van der Waals surface area contributed by atoms with E-state index in [4.69, 9.17) is 14.2 Å². The number of allylic oxidation sites excluding steroid dienone is 3. The number of hydrogen-bond acceptors (Lipinski definition) is 8. The smallest absolute Gasteiger partial charge is 0.337 e. The molecule has 0 spiro atoms. The summed E-state index contributed by atoms with van der Waals surface area (Å²) in [4.78, 5) is 39.9. The molecule has 1 aromatic rings. The topological polar surface area (TPSA) is 111 Å². The third-order valence-electron chi connectivity index (χ3n) is 7.33. The third kappa shape index (κ3) is 4.66. The van der Waals surface area contributed by atoms with Crippen LogP contribution in [0.2, 0.25) is 0 Å². The van der Waals surface area contributed by atoms with Crippen molar-refractivity contribution >= 4 is 17.7 Å². The molecule has 1 heterocycles. The summed E-state index contributed by atoms with van der Waals surface area (Å²) in [6, 6.07) is 4.76. The molecule has 35 heavy (non-hydrogen) atoms. The van der Waals surface area contributed by atoms with E-state index in [9.17, 15) is 19.5 Å². The Hall–Kier alpha value is -3.29. The minimum absolute atomic E-state index is 0.0533. The van der Waals surface area contributed by atoms with Crippen molar-refractivity contribution in [2.75, 3.05) is 14.2 Å². The maximum Gasteiger partial charge on any atom is 0.337 e. The minimum Gasteiger partial charge on any atom is -0.504 e. The van der Waals surface area contributed by atoms with Crippen LogP contribution in [-0.2, 0) is 23.9 Å². The first kappa shape index (κ1) is 24.8. The van der Waals surface area contributed by atoms with Crippen molar-refractivity contribution in [2.24, 2.45) is 11.8 Å². The number of esters is 2. The lowest BCUT2D eigenvalue weighted by Gasteiger charge is -2.38. The number of hydrogen-bond donors (Lipinski definition) is 2. The van der Waals surface area contributed by atoms with E-state index in [2.05, 4.69) is 5.32 Å². The van der Waals surface area contributed by atoms with Crippen LogP contribution < -0.4 is 10.1 Å². The second kappa shape index (κ2) is 10.1. The van der Waals surface area contributed by atoms with E-state index in [-0.39, 0.29) is 29.3 Å². The molecule has 0 aromatic heterocycles. The van der Waals surface area contributed by atoms with E-state index in [0.717, 1.165) is 32.1 Å². The van der Waals surface area contributed by atoms with E-state index in [1.54, 1.807) is 19.1 Å². The molecule has 2 N–H and O–H groups in total. The van der Waals surface area contributed by atoms with Gasteiger partial charge in [-0.15, -0.1) is 0 Å². The molecule has 0 amide bonds. The quantitative estimate of drug-likeness (QED) is 0.479.